The normalized spacial score (nSPS) is 15.7. The van der Waals surface area contributed by atoms with Gasteiger partial charge in [-0.15, -0.1) is 0 Å². The van der Waals surface area contributed by atoms with Gasteiger partial charge in [-0.25, -0.2) is 5.43 Å². The monoisotopic (exact) mass is 318 g/mol. The highest BCUT2D eigenvalue weighted by atomic mass is 16.5. The van der Waals surface area contributed by atoms with Crippen molar-refractivity contribution in [3.63, 3.8) is 0 Å². The van der Waals surface area contributed by atoms with Gasteiger partial charge in [0, 0.05) is 19.4 Å². The number of benzene rings is 1. The van der Waals surface area contributed by atoms with Crippen molar-refractivity contribution in [3.8, 4) is 5.75 Å². The van der Waals surface area contributed by atoms with E-state index in [0.29, 0.717) is 25.1 Å². The van der Waals surface area contributed by atoms with Gasteiger partial charge in [0.1, 0.15) is 11.5 Å². The Morgan fingerprint density at radius 3 is 2.83 bits per heavy atom. The van der Waals surface area contributed by atoms with Crippen LogP contribution in [0.1, 0.15) is 24.4 Å². The summed E-state index contributed by atoms with van der Waals surface area (Å²) in [6, 6.07) is 7.77. The molecule has 1 aliphatic heterocycles. The molecule has 1 atom stereocenters. The minimum Gasteiger partial charge on any atom is -0.497 e. The van der Waals surface area contributed by atoms with Crippen molar-refractivity contribution in [3.05, 3.63) is 29.8 Å². The van der Waals surface area contributed by atoms with Crippen LogP contribution >= 0.6 is 0 Å². The Morgan fingerprint density at radius 2 is 2.22 bits per heavy atom. The van der Waals surface area contributed by atoms with E-state index in [9.17, 15) is 9.59 Å². The molecule has 0 saturated heterocycles. The number of nitrogens with one attached hydrogen (secondary N) is 2. The molecule has 1 aliphatic rings. The molecule has 0 radical (unpaired) electrons. The number of carbonyl (C=O) groups is 2. The van der Waals surface area contributed by atoms with Gasteiger partial charge < -0.3 is 15.0 Å². The second-order valence-corrected chi connectivity index (χ2v) is 5.56. The lowest BCUT2D eigenvalue weighted by Gasteiger charge is -2.25. The fourth-order valence-corrected chi connectivity index (χ4v) is 2.38. The number of rotatable bonds is 6. The van der Waals surface area contributed by atoms with E-state index in [1.807, 2.05) is 43.3 Å². The summed E-state index contributed by atoms with van der Waals surface area (Å²) in [7, 11) is 5.53. The van der Waals surface area contributed by atoms with E-state index in [1.165, 1.54) is 0 Å². The van der Waals surface area contributed by atoms with E-state index in [4.69, 9.17) is 4.74 Å². The Morgan fingerprint density at radius 1 is 1.43 bits per heavy atom. The van der Waals surface area contributed by atoms with Gasteiger partial charge in [-0.1, -0.05) is 12.1 Å². The summed E-state index contributed by atoms with van der Waals surface area (Å²) in [5.41, 5.74) is 3.74. The van der Waals surface area contributed by atoms with Crippen LogP contribution in [0.4, 0.5) is 0 Å². The molecule has 0 spiro atoms. The van der Waals surface area contributed by atoms with Gasteiger partial charge in [0.05, 0.1) is 13.2 Å². The van der Waals surface area contributed by atoms with E-state index in [1.54, 1.807) is 7.11 Å². The van der Waals surface area contributed by atoms with Crippen molar-refractivity contribution in [2.45, 2.75) is 18.9 Å². The Balaban J connectivity index is 2.02. The van der Waals surface area contributed by atoms with Gasteiger partial charge in [-0.2, -0.15) is 5.10 Å². The number of hydrogen-bond acceptors (Lipinski definition) is 5. The number of methoxy groups -OCH3 is 1. The van der Waals surface area contributed by atoms with Crippen LogP contribution in [0.15, 0.2) is 29.4 Å². The number of hydrazone groups is 1. The molecule has 0 fully saturated rings. The van der Waals surface area contributed by atoms with Crippen LogP contribution in [-0.2, 0) is 9.59 Å². The molecule has 1 aromatic rings. The van der Waals surface area contributed by atoms with Gasteiger partial charge in [0.2, 0.25) is 5.91 Å². The number of nitrogens with zero attached hydrogens (tertiary/aromatic N) is 2. The van der Waals surface area contributed by atoms with Crippen molar-refractivity contribution in [2.75, 3.05) is 27.7 Å². The highest BCUT2D eigenvalue weighted by Crippen LogP contribution is 2.22. The molecule has 1 heterocycles. The average Bonchev–Trinajstić information content (AvgIpc) is 2.55. The first-order valence-corrected chi connectivity index (χ1v) is 7.45. The highest BCUT2D eigenvalue weighted by molar-refractivity contribution is 6.39. The number of carbonyl (C=O) groups excluding carboxylic acids is 2. The smallest absolute Gasteiger partial charge is 0.267 e. The van der Waals surface area contributed by atoms with Gasteiger partial charge >= 0.3 is 0 Å². The maximum atomic E-state index is 12.1. The molecular weight excluding hydrogens is 296 g/mol. The third-order valence-corrected chi connectivity index (χ3v) is 3.72. The third kappa shape index (κ3) is 4.53. The van der Waals surface area contributed by atoms with Crippen molar-refractivity contribution in [1.29, 1.82) is 0 Å². The van der Waals surface area contributed by atoms with Crippen LogP contribution in [0, 0.1) is 0 Å². The summed E-state index contributed by atoms with van der Waals surface area (Å²) in [5, 5.41) is 6.69. The Labute approximate surface area is 135 Å². The van der Waals surface area contributed by atoms with Crippen LogP contribution < -0.4 is 15.5 Å². The molecule has 124 valence electrons. The summed E-state index contributed by atoms with van der Waals surface area (Å²) in [6.45, 7) is 0.436. The molecule has 0 aromatic heterocycles. The molecule has 0 aliphatic carbocycles. The molecule has 2 rings (SSSR count). The van der Waals surface area contributed by atoms with E-state index in [-0.39, 0.29) is 17.9 Å². The predicted molar refractivity (Wildman–Crippen MR) is 87.2 cm³/mol. The zero-order chi connectivity index (χ0) is 16.8. The molecular formula is C16H22N4O3. The van der Waals surface area contributed by atoms with Crippen LogP contribution in [-0.4, -0.2) is 50.2 Å². The summed E-state index contributed by atoms with van der Waals surface area (Å²) < 4.78 is 5.25. The van der Waals surface area contributed by atoms with Crippen LogP contribution in [0.2, 0.25) is 0 Å². The fraction of sp³-hybridized carbons (Fsp3) is 0.438. The van der Waals surface area contributed by atoms with Gasteiger partial charge in [0.25, 0.3) is 5.91 Å². The number of likely N-dealkylation sites (N-methyl/N-ethyl adjacent to an activating group) is 1. The first-order chi connectivity index (χ1) is 11.0. The lowest BCUT2D eigenvalue weighted by molar-refractivity contribution is -0.121. The zero-order valence-electron chi connectivity index (χ0n) is 13.6. The highest BCUT2D eigenvalue weighted by Gasteiger charge is 2.21. The standard InChI is InChI=1S/C16H22N4O3/c1-20(2)14(11-5-4-6-12(9-11)23-3)10-17-16(22)13-7-8-15(21)19-18-13/h4-6,9,14H,7-8,10H2,1-3H3,(H,17,22)(H,19,21)/t14-/m0/s1. The molecule has 0 saturated carbocycles. The molecule has 1 aromatic carbocycles. The number of amides is 2. The van der Waals surface area contributed by atoms with Crippen LogP contribution in [0.25, 0.3) is 0 Å². The average molecular weight is 318 g/mol. The number of ether oxygens (including phenoxy) is 1. The molecule has 0 unspecified atom stereocenters. The topological polar surface area (TPSA) is 83.0 Å². The zero-order valence-corrected chi connectivity index (χ0v) is 13.6. The van der Waals surface area contributed by atoms with Crippen LogP contribution in [0.5, 0.6) is 5.75 Å². The van der Waals surface area contributed by atoms with E-state index in [2.05, 4.69) is 15.8 Å². The molecule has 7 heteroatoms. The van der Waals surface area contributed by atoms with Crippen molar-refractivity contribution in [1.82, 2.24) is 15.6 Å². The van der Waals surface area contributed by atoms with Gasteiger partial charge in [-0.3, -0.25) is 9.59 Å². The van der Waals surface area contributed by atoms with E-state index in [0.717, 1.165) is 11.3 Å². The first kappa shape index (κ1) is 17.0. The summed E-state index contributed by atoms with van der Waals surface area (Å²) in [4.78, 5) is 25.2. The molecule has 2 N–H and O–H groups in total. The van der Waals surface area contributed by atoms with E-state index >= 15 is 0 Å². The number of hydrogen-bond donors (Lipinski definition) is 2. The lowest BCUT2D eigenvalue weighted by atomic mass is 10.1. The molecule has 23 heavy (non-hydrogen) atoms. The van der Waals surface area contributed by atoms with Crippen molar-refractivity contribution in [2.24, 2.45) is 5.10 Å². The van der Waals surface area contributed by atoms with Crippen molar-refractivity contribution < 1.29 is 14.3 Å². The SMILES string of the molecule is COc1cccc([C@H](CNC(=O)C2=NNC(=O)CC2)N(C)C)c1. The minimum atomic E-state index is -0.250. The Kier molecular flexibility index (Phi) is 5.70. The largest absolute Gasteiger partial charge is 0.497 e. The summed E-state index contributed by atoms with van der Waals surface area (Å²) in [6.07, 6.45) is 0.655. The maximum absolute atomic E-state index is 12.1. The quantitative estimate of drug-likeness (QED) is 0.808. The summed E-state index contributed by atoms with van der Waals surface area (Å²) in [5.74, 6) is 0.365. The maximum Gasteiger partial charge on any atom is 0.267 e. The first-order valence-electron chi connectivity index (χ1n) is 7.45. The fourth-order valence-electron chi connectivity index (χ4n) is 2.38. The second-order valence-electron chi connectivity index (χ2n) is 5.56. The van der Waals surface area contributed by atoms with E-state index < -0.39 is 0 Å². The molecule has 7 nitrogen and oxygen atoms in total. The third-order valence-electron chi connectivity index (χ3n) is 3.72. The van der Waals surface area contributed by atoms with Gasteiger partial charge in [-0.05, 0) is 31.8 Å². The lowest BCUT2D eigenvalue weighted by Crippen LogP contribution is -2.40. The minimum absolute atomic E-state index is 0.00725. The molecule has 2 amide bonds. The summed E-state index contributed by atoms with van der Waals surface area (Å²) >= 11 is 0. The Hall–Kier alpha value is -2.41. The predicted octanol–water partition coefficient (Wildman–Crippen LogP) is 0.680. The van der Waals surface area contributed by atoms with Crippen molar-refractivity contribution >= 4 is 17.5 Å². The molecule has 0 bridgehead atoms. The second kappa shape index (κ2) is 7.73. The van der Waals surface area contributed by atoms with Crippen LogP contribution in [0.3, 0.4) is 0 Å². The van der Waals surface area contributed by atoms with Gasteiger partial charge in [0.15, 0.2) is 0 Å². The Bertz CT molecular complexity index is 613.